The average molecular weight is 386 g/mol. The van der Waals surface area contributed by atoms with Crippen molar-refractivity contribution in [1.82, 2.24) is 10.9 Å². The molecule has 0 saturated heterocycles. The van der Waals surface area contributed by atoms with Gasteiger partial charge >= 0.3 is 11.8 Å². The fourth-order valence-corrected chi connectivity index (χ4v) is 2.04. The zero-order chi connectivity index (χ0) is 20.5. The van der Waals surface area contributed by atoms with Gasteiger partial charge in [-0.15, -0.1) is 0 Å². The molecule has 0 fully saturated rings. The summed E-state index contributed by atoms with van der Waals surface area (Å²) >= 11 is 0. The van der Waals surface area contributed by atoms with Crippen LogP contribution in [0.5, 0.6) is 23.0 Å². The first-order chi connectivity index (χ1) is 13.5. The van der Waals surface area contributed by atoms with E-state index >= 15 is 0 Å². The first-order valence-electron chi connectivity index (χ1n) is 7.86. The lowest BCUT2D eigenvalue weighted by atomic mass is 10.2. The highest BCUT2D eigenvalue weighted by Gasteiger charge is 2.12. The molecule has 0 heterocycles. The van der Waals surface area contributed by atoms with Crippen molar-refractivity contribution in [2.24, 2.45) is 10.2 Å². The van der Waals surface area contributed by atoms with Gasteiger partial charge in [-0.25, -0.2) is 10.9 Å². The largest absolute Gasteiger partial charge is 0.504 e. The first kappa shape index (κ1) is 20.2. The van der Waals surface area contributed by atoms with Crippen molar-refractivity contribution in [2.75, 3.05) is 14.2 Å². The van der Waals surface area contributed by atoms with Crippen LogP contribution in [0.3, 0.4) is 0 Å². The lowest BCUT2D eigenvalue weighted by Crippen LogP contribution is -2.35. The molecule has 2 rings (SSSR count). The molecule has 0 aliphatic rings. The number of rotatable bonds is 6. The van der Waals surface area contributed by atoms with E-state index in [0.29, 0.717) is 0 Å². The molecule has 0 atom stereocenters. The molecule has 2 amide bonds. The van der Waals surface area contributed by atoms with Crippen LogP contribution in [0.4, 0.5) is 0 Å². The third-order valence-corrected chi connectivity index (χ3v) is 3.45. The minimum Gasteiger partial charge on any atom is -0.504 e. The molecule has 4 N–H and O–H groups in total. The van der Waals surface area contributed by atoms with Gasteiger partial charge in [0.2, 0.25) is 0 Å². The minimum atomic E-state index is -1.08. The summed E-state index contributed by atoms with van der Waals surface area (Å²) in [7, 11) is 2.79. The van der Waals surface area contributed by atoms with Gasteiger partial charge in [0.05, 0.1) is 26.6 Å². The van der Waals surface area contributed by atoms with E-state index in [1.807, 2.05) is 10.9 Å². The smallest absolute Gasteiger partial charge is 0.331 e. The summed E-state index contributed by atoms with van der Waals surface area (Å²) < 4.78 is 9.90. The average Bonchev–Trinajstić information content (AvgIpc) is 2.70. The maximum atomic E-state index is 11.7. The summed E-state index contributed by atoms with van der Waals surface area (Å²) in [5.41, 5.74) is 4.56. The number of phenolic OH excluding ortho intramolecular Hbond substituents is 2. The number of carbonyl (C=O) groups is 2. The molecule has 28 heavy (non-hydrogen) atoms. The molecule has 0 aliphatic carbocycles. The van der Waals surface area contributed by atoms with Crippen LogP contribution in [0, 0.1) is 0 Å². The summed E-state index contributed by atoms with van der Waals surface area (Å²) in [4.78, 5) is 23.4. The summed E-state index contributed by atoms with van der Waals surface area (Å²) in [6, 6.07) is 9.43. The summed E-state index contributed by atoms with van der Waals surface area (Å²) in [6.07, 6.45) is 2.31. The standard InChI is InChI=1S/C18H18N4O6/c1-27-13-7-3-5-11(15(13)23)9-19-21-17(25)18(26)22-20-10-12-6-4-8-14(28-2)16(12)24/h3-10,23-24H,1-2H3,(H,21,25)(H,22,26)/b19-9-,20-10+. The molecule has 0 radical (unpaired) electrons. The van der Waals surface area contributed by atoms with Crippen molar-refractivity contribution in [3.05, 3.63) is 47.5 Å². The summed E-state index contributed by atoms with van der Waals surface area (Å²) in [5.74, 6) is -1.99. The van der Waals surface area contributed by atoms with E-state index in [1.165, 1.54) is 14.2 Å². The quantitative estimate of drug-likeness (QED) is 0.327. The molecule has 2 aromatic carbocycles. The number of nitrogens with one attached hydrogen (secondary N) is 2. The van der Waals surface area contributed by atoms with Crippen LogP contribution in [0.25, 0.3) is 0 Å². The van der Waals surface area contributed by atoms with E-state index in [2.05, 4.69) is 10.2 Å². The number of hydrogen-bond acceptors (Lipinski definition) is 8. The Morgan fingerprint density at radius 2 is 1.21 bits per heavy atom. The highest BCUT2D eigenvalue weighted by atomic mass is 16.5. The third kappa shape index (κ3) is 4.97. The van der Waals surface area contributed by atoms with Gasteiger partial charge in [-0.05, 0) is 24.3 Å². The molecular weight excluding hydrogens is 368 g/mol. The second-order valence-electron chi connectivity index (χ2n) is 5.19. The Bertz CT molecular complexity index is 851. The number of hydrazone groups is 2. The van der Waals surface area contributed by atoms with E-state index in [9.17, 15) is 19.8 Å². The van der Waals surface area contributed by atoms with Crippen LogP contribution in [0.2, 0.25) is 0 Å². The van der Waals surface area contributed by atoms with Crippen molar-refractivity contribution in [3.8, 4) is 23.0 Å². The van der Waals surface area contributed by atoms with E-state index in [-0.39, 0.29) is 34.1 Å². The van der Waals surface area contributed by atoms with Crippen LogP contribution >= 0.6 is 0 Å². The summed E-state index contributed by atoms with van der Waals surface area (Å²) in [6.45, 7) is 0. The van der Waals surface area contributed by atoms with E-state index in [1.54, 1.807) is 36.4 Å². The lowest BCUT2D eigenvalue weighted by molar-refractivity contribution is -0.139. The zero-order valence-corrected chi connectivity index (χ0v) is 15.0. The fourth-order valence-electron chi connectivity index (χ4n) is 2.04. The highest BCUT2D eigenvalue weighted by Crippen LogP contribution is 2.28. The minimum absolute atomic E-state index is 0.157. The van der Waals surface area contributed by atoms with Crippen molar-refractivity contribution in [1.29, 1.82) is 0 Å². The second-order valence-corrected chi connectivity index (χ2v) is 5.19. The zero-order valence-electron chi connectivity index (χ0n) is 15.0. The number of aromatic hydroxyl groups is 2. The number of amides is 2. The molecular formula is C18H18N4O6. The molecule has 0 aromatic heterocycles. The van der Waals surface area contributed by atoms with Gasteiger partial charge in [-0.1, -0.05) is 12.1 Å². The maximum absolute atomic E-state index is 11.7. The molecule has 0 spiro atoms. The van der Waals surface area contributed by atoms with Crippen LogP contribution < -0.4 is 20.3 Å². The molecule has 0 bridgehead atoms. The van der Waals surface area contributed by atoms with Crippen LogP contribution in [-0.4, -0.2) is 48.7 Å². The molecule has 10 heteroatoms. The Hall–Kier alpha value is -4.08. The predicted molar refractivity (Wildman–Crippen MR) is 101 cm³/mol. The Morgan fingerprint density at radius 1 is 0.821 bits per heavy atom. The third-order valence-electron chi connectivity index (χ3n) is 3.45. The van der Waals surface area contributed by atoms with Gasteiger partial charge < -0.3 is 19.7 Å². The number of hydrogen-bond donors (Lipinski definition) is 4. The van der Waals surface area contributed by atoms with Gasteiger partial charge in [0.15, 0.2) is 23.0 Å². The van der Waals surface area contributed by atoms with Crippen LogP contribution in [0.15, 0.2) is 46.6 Å². The van der Waals surface area contributed by atoms with Crippen molar-refractivity contribution < 1.29 is 29.3 Å². The van der Waals surface area contributed by atoms with Gasteiger partial charge in [0.1, 0.15) is 0 Å². The number of methoxy groups -OCH3 is 2. The second kappa shape index (κ2) is 9.57. The Balaban J connectivity index is 1.92. The number of para-hydroxylation sites is 2. The fraction of sp³-hybridized carbons (Fsp3) is 0.111. The van der Waals surface area contributed by atoms with E-state index < -0.39 is 11.8 Å². The Labute approximate surface area is 160 Å². The highest BCUT2D eigenvalue weighted by molar-refractivity contribution is 6.35. The van der Waals surface area contributed by atoms with Crippen molar-refractivity contribution >= 4 is 24.2 Å². The Morgan fingerprint density at radius 3 is 1.57 bits per heavy atom. The molecule has 0 aliphatic heterocycles. The van der Waals surface area contributed by atoms with Gasteiger partial charge in [0.25, 0.3) is 0 Å². The van der Waals surface area contributed by atoms with Gasteiger partial charge in [-0.3, -0.25) is 9.59 Å². The number of benzene rings is 2. The lowest BCUT2D eigenvalue weighted by Gasteiger charge is -2.05. The van der Waals surface area contributed by atoms with Crippen LogP contribution in [0.1, 0.15) is 11.1 Å². The first-order valence-corrected chi connectivity index (χ1v) is 7.86. The van der Waals surface area contributed by atoms with Crippen LogP contribution in [-0.2, 0) is 9.59 Å². The molecule has 2 aromatic rings. The predicted octanol–water partition coefficient (Wildman–Crippen LogP) is 0.715. The number of phenols is 2. The van der Waals surface area contributed by atoms with Gasteiger partial charge in [0, 0.05) is 11.1 Å². The monoisotopic (exact) mass is 386 g/mol. The molecule has 0 unspecified atom stereocenters. The van der Waals surface area contributed by atoms with Crippen molar-refractivity contribution in [3.63, 3.8) is 0 Å². The summed E-state index contributed by atoms with van der Waals surface area (Å²) in [5, 5.41) is 27.0. The molecule has 146 valence electrons. The SMILES string of the molecule is COc1cccc(/C=N\NC(=O)C(=O)N/N=C/c2cccc(OC)c2O)c1O. The molecule has 0 saturated carbocycles. The van der Waals surface area contributed by atoms with E-state index in [0.717, 1.165) is 12.4 Å². The maximum Gasteiger partial charge on any atom is 0.331 e. The van der Waals surface area contributed by atoms with E-state index in [4.69, 9.17) is 9.47 Å². The number of nitrogens with zero attached hydrogens (tertiary/aromatic N) is 2. The number of carbonyl (C=O) groups excluding carboxylic acids is 2. The van der Waals surface area contributed by atoms with Crippen molar-refractivity contribution in [2.45, 2.75) is 0 Å². The topological polar surface area (TPSA) is 142 Å². The number of ether oxygens (including phenoxy) is 2. The Kier molecular flexibility index (Phi) is 6.92. The van der Waals surface area contributed by atoms with Gasteiger partial charge in [-0.2, -0.15) is 10.2 Å². The normalized spacial score (nSPS) is 10.8. The molecule has 10 nitrogen and oxygen atoms in total.